The summed E-state index contributed by atoms with van der Waals surface area (Å²) in [5.74, 6) is 0.149. The number of nitrogens with two attached hydrogens (primary N) is 1. The van der Waals surface area contributed by atoms with Crippen LogP contribution in [0.4, 0.5) is 17.1 Å². The lowest BCUT2D eigenvalue weighted by molar-refractivity contribution is -0.392. The lowest BCUT2D eigenvalue weighted by atomic mass is 10.0. The minimum atomic E-state index is -4.32. The van der Waals surface area contributed by atoms with Crippen LogP contribution < -0.4 is 10.5 Å². The Balaban J connectivity index is 2.43. The molecule has 1 aliphatic rings. The van der Waals surface area contributed by atoms with Gasteiger partial charge in [-0.05, 0) is 18.8 Å². The summed E-state index contributed by atoms with van der Waals surface area (Å²) in [6.45, 7) is 1.39. The van der Waals surface area contributed by atoms with E-state index in [1.165, 1.54) is 0 Å². The average Bonchev–Trinajstić information content (AvgIpc) is 2.51. The van der Waals surface area contributed by atoms with Gasteiger partial charge in [-0.1, -0.05) is 0 Å². The number of rotatable bonds is 6. The Labute approximate surface area is 137 Å². The molecule has 12 heteroatoms. The lowest BCUT2D eigenvalue weighted by Crippen LogP contribution is -2.23. The van der Waals surface area contributed by atoms with E-state index in [2.05, 4.69) is 5.32 Å². The van der Waals surface area contributed by atoms with Gasteiger partial charge in [0.2, 0.25) is 10.0 Å². The van der Waals surface area contributed by atoms with Crippen LogP contribution in [0.15, 0.2) is 17.0 Å². The van der Waals surface area contributed by atoms with Crippen LogP contribution in [-0.4, -0.2) is 38.0 Å². The fourth-order valence-corrected chi connectivity index (χ4v) is 2.97. The minimum absolute atomic E-state index is 0.149. The summed E-state index contributed by atoms with van der Waals surface area (Å²) >= 11 is 0. The smallest absolute Gasteiger partial charge is 0.300 e. The van der Waals surface area contributed by atoms with Crippen molar-refractivity contribution >= 4 is 27.1 Å². The Kier molecular flexibility index (Phi) is 5.31. The third-order valence-electron chi connectivity index (χ3n) is 3.70. The highest BCUT2D eigenvalue weighted by Crippen LogP contribution is 2.37. The molecule has 11 nitrogen and oxygen atoms in total. The molecule has 1 aromatic carbocycles. The Morgan fingerprint density at radius 2 is 1.67 bits per heavy atom. The third kappa shape index (κ3) is 4.15. The van der Waals surface area contributed by atoms with Gasteiger partial charge < -0.3 is 10.1 Å². The third-order valence-corrected chi connectivity index (χ3v) is 4.59. The van der Waals surface area contributed by atoms with Crippen molar-refractivity contribution < 1.29 is 23.0 Å². The minimum Gasteiger partial charge on any atom is -0.381 e. The molecule has 1 saturated heterocycles. The molecule has 2 rings (SSSR count). The summed E-state index contributed by atoms with van der Waals surface area (Å²) in [5.41, 5.74) is -1.75. The Morgan fingerprint density at radius 3 is 2.08 bits per heavy atom. The van der Waals surface area contributed by atoms with Crippen LogP contribution in [0.2, 0.25) is 0 Å². The number of nitro groups is 2. The van der Waals surface area contributed by atoms with Gasteiger partial charge in [-0.15, -0.1) is 0 Å². The van der Waals surface area contributed by atoms with Crippen molar-refractivity contribution in [2.45, 2.75) is 17.7 Å². The van der Waals surface area contributed by atoms with Crippen molar-refractivity contribution in [2.24, 2.45) is 11.1 Å². The van der Waals surface area contributed by atoms with Crippen LogP contribution in [0.3, 0.4) is 0 Å². The number of primary sulfonamides is 1. The fraction of sp³-hybridized carbons (Fsp3) is 0.500. The fourth-order valence-electron chi connectivity index (χ4n) is 2.42. The topological polar surface area (TPSA) is 168 Å². The second kappa shape index (κ2) is 7.07. The molecule has 1 fully saturated rings. The number of nitrogens with one attached hydrogen (secondary N) is 1. The van der Waals surface area contributed by atoms with Crippen LogP contribution in [0.1, 0.15) is 12.8 Å². The molecule has 0 amide bonds. The first kappa shape index (κ1) is 18.0. The van der Waals surface area contributed by atoms with E-state index in [1.807, 2.05) is 0 Å². The molecule has 0 aliphatic carbocycles. The highest BCUT2D eigenvalue weighted by atomic mass is 32.2. The predicted octanol–water partition coefficient (Wildman–Crippen LogP) is 0.989. The lowest BCUT2D eigenvalue weighted by Gasteiger charge is -2.22. The zero-order valence-corrected chi connectivity index (χ0v) is 13.3. The number of anilines is 1. The van der Waals surface area contributed by atoms with Crippen LogP contribution in [0.5, 0.6) is 0 Å². The maximum absolute atomic E-state index is 11.4. The molecule has 0 spiro atoms. The van der Waals surface area contributed by atoms with Crippen molar-refractivity contribution in [3.63, 3.8) is 0 Å². The van der Waals surface area contributed by atoms with E-state index in [4.69, 9.17) is 9.88 Å². The van der Waals surface area contributed by atoms with E-state index >= 15 is 0 Å². The van der Waals surface area contributed by atoms with Gasteiger partial charge >= 0.3 is 11.4 Å². The van der Waals surface area contributed by atoms with Crippen molar-refractivity contribution in [1.82, 2.24) is 0 Å². The molecule has 3 N–H and O–H groups in total. The van der Waals surface area contributed by atoms with E-state index in [9.17, 15) is 28.6 Å². The second-order valence-electron chi connectivity index (χ2n) is 5.33. The zero-order chi connectivity index (χ0) is 17.9. The molecule has 0 atom stereocenters. The van der Waals surface area contributed by atoms with Gasteiger partial charge in [-0.25, -0.2) is 13.6 Å². The van der Waals surface area contributed by atoms with Crippen molar-refractivity contribution in [3.05, 3.63) is 32.4 Å². The van der Waals surface area contributed by atoms with Gasteiger partial charge in [0.25, 0.3) is 0 Å². The number of nitro benzene ring substituents is 2. The summed E-state index contributed by atoms with van der Waals surface area (Å²) < 4.78 is 28.0. The molecule has 0 radical (unpaired) electrons. The van der Waals surface area contributed by atoms with Crippen LogP contribution in [0, 0.1) is 26.1 Å². The maximum atomic E-state index is 11.4. The molecule has 1 heterocycles. The molecular weight excluding hydrogens is 344 g/mol. The van der Waals surface area contributed by atoms with Crippen LogP contribution in [-0.2, 0) is 14.8 Å². The van der Waals surface area contributed by atoms with Gasteiger partial charge in [0.1, 0.15) is 0 Å². The van der Waals surface area contributed by atoms with E-state index in [0.29, 0.717) is 25.3 Å². The SMILES string of the molecule is NS(=O)(=O)c1cc([N+](=O)[O-])c(NCC2CCOCC2)c([N+](=O)[O-])c1. The maximum Gasteiger partial charge on any atom is 0.300 e. The number of benzene rings is 1. The van der Waals surface area contributed by atoms with Gasteiger partial charge in [0.05, 0.1) is 14.7 Å². The summed E-state index contributed by atoms with van der Waals surface area (Å²) in [7, 11) is -4.32. The molecule has 1 aromatic rings. The summed E-state index contributed by atoms with van der Waals surface area (Å²) in [6.07, 6.45) is 1.45. The van der Waals surface area contributed by atoms with Crippen molar-refractivity contribution in [1.29, 1.82) is 0 Å². The summed E-state index contributed by atoms with van der Waals surface area (Å²) in [6, 6.07) is 1.43. The molecule has 0 saturated carbocycles. The number of sulfonamides is 1. The van der Waals surface area contributed by atoms with Gasteiger partial charge in [-0.3, -0.25) is 20.2 Å². The van der Waals surface area contributed by atoms with Crippen molar-refractivity contribution in [2.75, 3.05) is 25.1 Å². The summed E-state index contributed by atoms with van der Waals surface area (Å²) in [4.78, 5) is 20.0. The summed E-state index contributed by atoms with van der Waals surface area (Å²) in [5, 5.41) is 30.1. The second-order valence-corrected chi connectivity index (χ2v) is 6.89. The molecule has 0 unspecified atom stereocenters. The first-order chi connectivity index (χ1) is 11.2. The number of hydrogen-bond acceptors (Lipinski definition) is 8. The Hall–Kier alpha value is -2.31. The highest BCUT2D eigenvalue weighted by Gasteiger charge is 2.30. The molecule has 0 bridgehead atoms. The first-order valence-corrected chi connectivity index (χ1v) is 8.56. The van der Waals surface area contributed by atoms with Crippen LogP contribution in [0.25, 0.3) is 0 Å². The number of ether oxygens (including phenoxy) is 1. The largest absolute Gasteiger partial charge is 0.381 e. The van der Waals surface area contributed by atoms with Gasteiger partial charge in [0, 0.05) is 31.9 Å². The number of nitrogens with zero attached hydrogens (tertiary/aromatic N) is 2. The zero-order valence-electron chi connectivity index (χ0n) is 12.5. The van der Waals surface area contributed by atoms with Gasteiger partial charge in [0.15, 0.2) is 5.69 Å². The monoisotopic (exact) mass is 360 g/mol. The number of hydrogen-bond donors (Lipinski definition) is 2. The quantitative estimate of drug-likeness (QED) is 0.559. The van der Waals surface area contributed by atoms with E-state index < -0.39 is 36.1 Å². The Bertz CT molecular complexity index is 724. The molecule has 24 heavy (non-hydrogen) atoms. The standard InChI is InChI=1S/C12H16N4O7S/c13-24(21,22)9-5-10(15(17)18)12(11(6-9)16(19)20)14-7-8-1-3-23-4-2-8/h5-6,8,14H,1-4,7H2,(H2,13,21,22). The predicted molar refractivity (Wildman–Crippen MR) is 83.2 cm³/mol. The van der Waals surface area contributed by atoms with E-state index in [1.54, 1.807) is 0 Å². The highest BCUT2D eigenvalue weighted by molar-refractivity contribution is 7.89. The van der Waals surface area contributed by atoms with E-state index in [-0.39, 0.29) is 18.2 Å². The van der Waals surface area contributed by atoms with E-state index in [0.717, 1.165) is 12.8 Å². The van der Waals surface area contributed by atoms with Crippen molar-refractivity contribution in [3.8, 4) is 0 Å². The molecule has 1 aliphatic heterocycles. The average molecular weight is 360 g/mol. The first-order valence-electron chi connectivity index (χ1n) is 7.01. The van der Waals surface area contributed by atoms with Gasteiger partial charge in [-0.2, -0.15) is 0 Å². The molecular formula is C12H16N4O7S. The Morgan fingerprint density at radius 1 is 1.17 bits per heavy atom. The van der Waals surface area contributed by atoms with Crippen LogP contribution >= 0.6 is 0 Å². The molecule has 132 valence electrons. The normalized spacial score (nSPS) is 15.9. The molecule has 0 aromatic heterocycles.